The Morgan fingerprint density at radius 1 is 1.45 bits per heavy atom. The van der Waals surface area contributed by atoms with Gasteiger partial charge in [-0.15, -0.1) is 0 Å². The molecule has 1 aromatic heterocycles. The van der Waals surface area contributed by atoms with Gasteiger partial charge in [0.2, 0.25) is 0 Å². The first-order valence-corrected chi connectivity index (χ1v) is 7.11. The lowest BCUT2D eigenvalue weighted by Crippen LogP contribution is -1.98. The fourth-order valence-electron chi connectivity index (χ4n) is 1.61. The molecule has 0 aliphatic heterocycles. The zero-order valence-electron chi connectivity index (χ0n) is 10.7. The number of benzene rings is 1. The third-order valence-electron chi connectivity index (χ3n) is 2.42. The zero-order chi connectivity index (χ0) is 14.5. The van der Waals surface area contributed by atoms with Gasteiger partial charge in [-0.2, -0.15) is 0 Å². The summed E-state index contributed by atoms with van der Waals surface area (Å²) in [6.07, 6.45) is 1.64. The predicted octanol–water partition coefficient (Wildman–Crippen LogP) is 4.23. The second-order valence-corrected chi connectivity index (χ2v) is 5.36. The molecular formula is C13H12ClN3O2S. The van der Waals surface area contributed by atoms with Crippen LogP contribution in [0.3, 0.4) is 0 Å². The highest BCUT2D eigenvalue weighted by molar-refractivity contribution is 7.99. The SMILES string of the molecule is CCNc1cc(Sc2ncccc2Cl)cc([N+](=O)[O-])c1. The van der Waals surface area contributed by atoms with Gasteiger partial charge in [-0.05, 0) is 25.1 Å². The highest BCUT2D eigenvalue weighted by Crippen LogP contribution is 2.34. The van der Waals surface area contributed by atoms with Gasteiger partial charge in [0.15, 0.2) is 0 Å². The van der Waals surface area contributed by atoms with Gasteiger partial charge in [0.05, 0.1) is 9.95 Å². The molecule has 0 atom stereocenters. The topological polar surface area (TPSA) is 68.1 Å². The molecule has 0 aliphatic rings. The van der Waals surface area contributed by atoms with Crippen LogP contribution in [-0.2, 0) is 0 Å². The number of halogens is 1. The molecule has 7 heteroatoms. The fraction of sp³-hybridized carbons (Fsp3) is 0.154. The first-order chi connectivity index (χ1) is 9.60. The van der Waals surface area contributed by atoms with E-state index in [1.165, 1.54) is 23.9 Å². The number of nitro groups is 1. The minimum atomic E-state index is -0.412. The van der Waals surface area contributed by atoms with Crippen molar-refractivity contribution in [2.45, 2.75) is 16.8 Å². The van der Waals surface area contributed by atoms with Crippen molar-refractivity contribution in [1.29, 1.82) is 0 Å². The van der Waals surface area contributed by atoms with Crippen molar-refractivity contribution in [1.82, 2.24) is 4.98 Å². The number of aromatic nitrogens is 1. The smallest absolute Gasteiger partial charge is 0.272 e. The van der Waals surface area contributed by atoms with Crippen LogP contribution in [0.5, 0.6) is 0 Å². The summed E-state index contributed by atoms with van der Waals surface area (Å²) < 4.78 is 0. The Morgan fingerprint density at radius 3 is 2.90 bits per heavy atom. The molecule has 5 nitrogen and oxygen atoms in total. The largest absolute Gasteiger partial charge is 0.385 e. The average molecular weight is 310 g/mol. The highest BCUT2D eigenvalue weighted by Gasteiger charge is 2.12. The minimum absolute atomic E-state index is 0.0398. The van der Waals surface area contributed by atoms with Crippen LogP contribution in [0.1, 0.15) is 6.92 Å². The van der Waals surface area contributed by atoms with Gasteiger partial charge in [-0.1, -0.05) is 23.4 Å². The molecule has 20 heavy (non-hydrogen) atoms. The van der Waals surface area contributed by atoms with Gasteiger partial charge in [-0.3, -0.25) is 10.1 Å². The van der Waals surface area contributed by atoms with Crippen LogP contribution in [0.25, 0.3) is 0 Å². The summed E-state index contributed by atoms with van der Waals surface area (Å²) in [5.74, 6) is 0. The van der Waals surface area contributed by atoms with Crippen LogP contribution in [-0.4, -0.2) is 16.5 Å². The second-order valence-electron chi connectivity index (χ2n) is 3.90. The van der Waals surface area contributed by atoms with E-state index >= 15 is 0 Å². The Hall–Kier alpha value is -1.79. The molecule has 2 aromatic rings. The van der Waals surface area contributed by atoms with Crippen molar-refractivity contribution in [3.8, 4) is 0 Å². The molecular weight excluding hydrogens is 298 g/mol. The number of anilines is 1. The number of rotatable bonds is 5. The maximum absolute atomic E-state index is 11.0. The first kappa shape index (κ1) is 14.6. The number of nitrogens with one attached hydrogen (secondary N) is 1. The van der Waals surface area contributed by atoms with E-state index in [1.54, 1.807) is 18.3 Å². The monoisotopic (exact) mass is 309 g/mol. The van der Waals surface area contributed by atoms with Crippen molar-refractivity contribution in [3.63, 3.8) is 0 Å². The molecule has 0 aliphatic carbocycles. The first-order valence-electron chi connectivity index (χ1n) is 5.92. The van der Waals surface area contributed by atoms with Crippen LogP contribution in [0.2, 0.25) is 5.02 Å². The zero-order valence-corrected chi connectivity index (χ0v) is 12.2. The van der Waals surface area contributed by atoms with Gasteiger partial charge >= 0.3 is 0 Å². The summed E-state index contributed by atoms with van der Waals surface area (Å²) in [7, 11) is 0. The molecule has 0 saturated carbocycles. The molecule has 0 fully saturated rings. The number of hydrogen-bond donors (Lipinski definition) is 1. The molecule has 0 amide bonds. The van der Waals surface area contributed by atoms with Gasteiger partial charge in [0.25, 0.3) is 5.69 Å². The van der Waals surface area contributed by atoms with E-state index in [4.69, 9.17) is 11.6 Å². The standard InChI is InChI=1S/C13H12ClN3O2S/c1-2-15-9-6-10(17(18)19)8-11(7-9)20-13-12(14)4-3-5-16-13/h3-8,15H,2H2,1H3. The number of hydrogen-bond acceptors (Lipinski definition) is 5. The lowest BCUT2D eigenvalue weighted by Gasteiger charge is -2.07. The maximum Gasteiger partial charge on any atom is 0.272 e. The summed E-state index contributed by atoms with van der Waals surface area (Å²) >= 11 is 7.34. The molecule has 0 radical (unpaired) electrons. The fourth-order valence-corrected chi connectivity index (χ4v) is 2.72. The summed E-state index contributed by atoms with van der Waals surface area (Å²) in [6, 6.07) is 8.33. The molecule has 2 rings (SSSR count). The maximum atomic E-state index is 11.0. The Balaban J connectivity index is 2.35. The van der Waals surface area contributed by atoms with E-state index in [1.807, 2.05) is 13.0 Å². The summed E-state index contributed by atoms with van der Waals surface area (Å²) in [5.41, 5.74) is 0.745. The Morgan fingerprint density at radius 2 is 2.25 bits per heavy atom. The van der Waals surface area contributed by atoms with Crippen molar-refractivity contribution in [2.24, 2.45) is 0 Å². The Labute approximate surface area is 125 Å². The van der Waals surface area contributed by atoms with Gasteiger partial charge < -0.3 is 5.32 Å². The van der Waals surface area contributed by atoms with Crippen LogP contribution < -0.4 is 5.32 Å². The quantitative estimate of drug-likeness (QED) is 0.661. The molecule has 1 aromatic carbocycles. The van der Waals surface area contributed by atoms with Crippen LogP contribution in [0, 0.1) is 10.1 Å². The summed E-state index contributed by atoms with van der Waals surface area (Å²) in [6.45, 7) is 2.62. The molecule has 0 saturated heterocycles. The molecule has 104 valence electrons. The average Bonchev–Trinajstić information content (AvgIpc) is 2.41. The van der Waals surface area contributed by atoms with E-state index in [-0.39, 0.29) is 5.69 Å². The van der Waals surface area contributed by atoms with Gasteiger partial charge in [0.1, 0.15) is 5.03 Å². The Kier molecular flexibility index (Phi) is 4.81. The van der Waals surface area contributed by atoms with Gasteiger partial charge in [0, 0.05) is 35.5 Å². The molecule has 0 bridgehead atoms. The van der Waals surface area contributed by atoms with Crippen molar-refractivity contribution >= 4 is 34.7 Å². The number of non-ortho nitro benzene ring substituents is 1. The molecule has 1 heterocycles. The normalized spacial score (nSPS) is 10.3. The summed E-state index contributed by atoms with van der Waals surface area (Å²) in [4.78, 5) is 15.4. The van der Waals surface area contributed by atoms with E-state index in [9.17, 15) is 10.1 Å². The molecule has 0 unspecified atom stereocenters. The van der Waals surface area contributed by atoms with Crippen molar-refractivity contribution < 1.29 is 4.92 Å². The number of pyridine rings is 1. The van der Waals surface area contributed by atoms with E-state index < -0.39 is 4.92 Å². The van der Waals surface area contributed by atoms with Crippen molar-refractivity contribution in [3.05, 3.63) is 51.7 Å². The van der Waals surface area contributed by atoms with E-state index in [0.29, 0.717) is 22.3 Å². The third-order valence-corrected chi connectivity index (χ3v) is 3.83. The van der Waals surface area contributed by atoms with E-state index in [2.05, 4.69) is 10.3 Å². The highest BCUT2D eigenvalue weighted by atomic mass is 35.5. The lowest BCUT2D eigenvalue weighted by atomic mass is 10.3. The molecule has 1 N–H and O–H groups in total. The van der Waals surface area contributed by atoms with E-state index in [0.717, 1.165) is 4.90 Å². The lowest BCUT2D eigenvalue weighted by molar-refractivity contribution is -0.385. The third kappa shape index (κ3) is 3.61. The predicted molar refractivity (Wildman–Crippen MR) is 80.6 cm³/mol. The summed E-state index contributed by atoms with van der Waals surface area (Å²) in [5, 5.41) is 15.2. The van der Waals surface area contributed by atoms with Crippen LogP contribution >= 0.6 is 23.4 Å². The van der Waals surface area contributed by atoms with Gasteiger partial charge in [-0.25, -0.2) is 4.98 Å². The van der Waals surface area contributed by atoms with Crippen LogP contribution in [0.15, 0.2) is 46.5 Å². The minimum Gasteiger partial charge on any atom is -0.385 e. The van der Waals surface area contributed by atoms with Crippen molar-refractivity contribution in [2.75, 3.05) is 11.9 Å². The second kappa shape index (κ2) is 6.58. The number of nitrogens with zero attached hydrogens (tertiary/aromatic N) is 2. The Bertz CT molecular complexity index is 637. The van der Waals surface area contributed by atoms with Crippen LogP contribution in [0.4, 0.5) is 11.4 Å². The molecule has 0 spiro atoms. The number of nitro benzene ring substituents is 1.